The molecule has 0 aromatic heterocycles. The highest BCUT2D eigenvalue weighted by Crippen LogP contribution is 2.22. The first kappa shape index (κ1) is 17.9. The Labute approximate surface area is 126 Å². The van der Waals surface area contributed by atoms with Gasteiger partial charge >= 0.3 is 0 Å². The SMILES string of the molecule is CCOC(C)(C)CNS(=O)(=O)c1ccc(OC)c(CO)c1. The predicted molar refractivity (Wildman–Crippen MR) is 79.8 cm³/mol. The quantitative estimate of drug-likeness (QED) is 0.754. The van der Waals surface area contributed by atoms with Crippen LogP contribution in [0.4, 0.5) is 0 Å². The van der Waals surface area contributed by atoms with Gasteiger partial charge in [-0.1, -0.05) is 0 Å². The van der Waals surface area contributed by atoms with Crippen LogP contribution in [0.3, 0.4) is 0 Å². The second kappa shape index (κ2) is 7.22. The lowest BCUT2D eigenvalue weighted by Crippen LogP contribution is -2.40. The van der Waals surface area contributed by atoms with E-state index in [0.717, 1.165) is 0 Å². The Bertz CT molecular complexity index is 569. The number of nitrogens with one attached hydrogen (secondary N) is 1. The van der Waals surface area contributed by atoms with E-state index in [-0.39, 0.29) is 18.0 Å². The van der Waals surface area contributed by atoms with Gasteiger partial charge in [0.15, 0.2) is 0 Å². The third-order valence-electron chi connectivity index (χ3n) is 2.96. The molecular weight excluding hydrogens is 294 g/mol. The molecule has 2 N–H and O–H groups in total. The number of methoxy groups -OCH3 is 1. The fraction of sp³-hybridized carbons (Fsp3) is 0.571. The lowest BCUT2D eigenvalue weighted by molar-refractivity contribution is -0.00515. The highest BCUT2D eigenvalue weighted by molar-refractivity contribution is 7.89. The van der Waals surface area contributed by atoms with Crippen molar-refractivity contribution in [1.29, 1.82) is 0 Å². The van der Waals surface area contributed by atoms with E-state index < -0.39 is 15.6 Å². The van der Waals surface area contributed by atoms with E-state index in [2.05, 4.69) is 4.72 Å². The standard InChI is InChI=1S/C14H23NO5S/c1-5-20-14(2,3)10-15-21(17,18)12-6-7-13(19-4)11(8-12)9-16/h6-8,15-16H,5,9-10H2,1-4H3. The van der Waals surface area contributed by atoms with Gasteiger partial charge in [0.1, 0.15) is 5.75 Å². The summed E-state index contributed by atoms with van der Waals surface area (Å²) in [6.07, 6.45) is 0. The summed E-state index contributed by atoms with van der Waals surface area (Å²) in [5.74, 6) is 0.450. The smallest absolute Gasteiger partial charge is 0.240 e. The molecule has 1 rings (SSSR count). The molecule has 0 aliphatic rings. The van der Waals surface area contributed by atoms with Crippen molar-refractivity contribution in [3.05, 3.63) is 23.8 Å². The van der Waals surface area contributed by atoms with Crippen LogP contribution in [-0.2, 0) is 21.4 Å². The third-order valence-corrected chi connectivity index (χ3v) is 4.35. The lowest BCUT2D eigenvalue weighted by Gasteiger charge is -2.24. The van der Waals surface area contributed by atoms with Crippen LogP contribution in [0.25, 0.3) is 0 Å². The molecular formula is C14H23NO5S. The Morgan fingerprint density at radius 1 is 1.33 bits per heavy atom. The number of sulfonamides is 1. The van der Waals surface area contributed by atoms with Crippen LogP contribution in [0.15, 0.2) is 23.1 Å². The molecule has 0 fully saturated rings. The molecule has 0 aliphatic heterocycles. The van der Waals surface area contributed by atoms with E-state index in [4.69, 9.17) is 9.47 Å². The van der Waals surface area contributed by atoms with Crippen molar-refractivity contribution in [3.8, 4) is 5.75 Å². The summed E-state index contributed by atoms with van der Waals surface area (Å²) < 4.78 is 37.5. The molecule has 0 bridgehead atoms. The van der Waals surface area contributed by atoms with E-state index >= 15 is 0 Å². The first-order valence-corrected chi connectivity index (χ1v) is 8.15. The maximum absolute atomic E-state index is 12.3. The molecule has 1 aromatic carbocycles. The van der Waals surface area contributed by atoms with Gasteiger partial charge in [-0.15, -0.1) is 0 Å². The van der Waals surface area contributed by atoms with Crippen molar-refractivity contribution in [2.75, 3.05) is 20.3 Å². The Morgan fingerprint density at radius 3 is 2.52 bits per heavy atom. The molecule has 0 aliphatic carbocycles. The molecule has 6 nitrogen and oxygen atoms in total. The molecule has 0 atom stereocenters. The number of aliphatic hydroxyl groups excluding tert-OH is 1. The van der Waals surface area contributed by atoms with Crippen molar-refractivity contribution in [1.82, 2.24) is 4.72 Å². The second-order valence-electron chi connectivity index (χ2n) is 5.15. The molecule has 0 unspecified atom stereocenters. The normalized spacial score (nSPS) is 12.4. The van der Waals surface area contributed by atoms with E-state index in [9.17, 15) is 13.5 Å². The van der Waals surface area contributed by atoms with E-state index in [1.807, 2.05) is 20.8 Å². The maximum atomic E-state index is 12.3. The van der Waals surface area contributed by atoms with Crippen molar-refractivity contribution in [3.63, 3.8) is 0 Å². The minimum atomic E-state index is -3.67. The first-order chi connectivity index (χ1) is 9.75. The number of benzene rings is 1. The minimum Gasteiger partial charge on any atom is -0.496 e. The summed E-state index contributed by atoms with van der Waals surface area (Å²) in [5, 5.41) is 9.25. The van der Waals surface area contributed by atoms with Gasteiger partial charge in [0.25, 0.3) is 0 Å². The summed E-state index contributed by atoms with van der Waals surface area (Å²) in [7, 11) is -2.20. The average molecular weight is 317 g/mol. The molecule has 0 amide bonds. The largest absolute Gasteiger partial charge is 0.496 e. The summed E-state index contributed by atoms with van der Waals surface area (Å²) in [6, 6.07) is 4.36. The fourth-order valence-electron chi connectivity index (χ4n) is 1.84. The topological polar surface area (TPSA) is 84.9 Å². The zero-order chi connectivity index (χ0) is 16.1. The van der Waals surface area contributed by atoms with Crippen LogP contribution < -0.4 is 9.46 Å². The van der Waals surface area contributed by atoms with Gasteiger partial charge in [-0.3, -0.25) is 0 Å². The molecule has 0 spiro atoms. The zero-order valence-corrected chi connectivity index (χ0v) is 13.7. The summed E-state index contributed by atoms with van der Waals surface area (Å²) in [5.41, 5.74) is -0.168. The van der Waals surface area contributed by atoms with Gasteiger partial charge in [-0.05, 0) is 39.0 Å². The summed E-state index contributed by atoms with van der Waals surface area (Å²) in [4.78, 5) is 0.0830. The van der Waals surface area contributed by atoms with Crippen LogP contribution in [-0.4, -0.2) is 39.4 Å². The van der Waals surface area contributed by atoms with Crippen LogP contribution >= 0.6 is 0 Å². The highest BCUT2D eigenvalue weighted by atomic mass is 32.2. The molecule has 0 saturated carbocycles. The van der Waals surface area contributed by atoms with Gasteiger partial charge in [-0.2, -0.15) is 0 Å². The molecule has 7 heteroatoms. The van der Waals surface area contributed by atoms with Crippen LogP contribution in [0, 0.1) is 0 Å². The first-order valence-electron chi connectivity index (χ1n) is 6.67. The minimum absolute atomic E-state index is 0.0830. The molecule has 1 aromatic rings. The average Bonchev–Trinajstić information content (AvgIpc) is 2.44. The summed E-state index contributed by atoms with van der Waals surface area (Å²) >= 11 is 0. The Hall–Kier alpha value is -1.15. The van der Waals surface area contributed by atoms with Crippen molar-refractivity contribution in [2.45, 2.75) is 37.9 Å². The molecule has 21 heavy (non-hydrogen) atoms. The van der Waals surface area contributed by atoms with Crippen molar-refractivity contribution < 1.29 is 23.0 Å². The van der Waals surface area contributed by atoms with Crippen LogP contribution in [0.2, 0.25) is 0 Å². The third kappa shape index (κ3) is 4.96. The number of hydrogen-bond acceptors (Lipinski definition) is 5. The predicted octanol–water partition coefficient (Wildman–Crippen LogP) is 1.28. The van der Waals surface area contributed by atoms with Crippen LogP contribution in [0.5, 0.6) is 5.75 Å². The number of ether oxygens (including phenoxy) is 2. The van der Waals surface area contributed by atoms with E-state index in [0.29, 0.717) is 17.9 Å². The number of rotatable bonds is 8. The van der Waals surface area contributed by atoms with Gasteiger partial charge in [0, 0.05) is 18.7 Å². The Kier molecular flexibility index (Phi) is 6.15. The second-order valence-corrected chi connectivity index (χ2v) is 6.92. The molecule has 0 heterocycles. The van der Waals surface area contributed by atoms with Gasteiger partial charge in [0.05, 0.1) is 24.2 Å². The zero-order valence-electron chi connectivity index (χ0n) is 12.8. The summed E-state index contributed by atoms with van der Waals surface area (Å²) in [6.45, 7) is 5.85. The maximum Gasteiger partial charge on any atom is 0.240 e. The van der Waals surface area contributed by atoms with Crippen molar-refractivity contribution in [2.24, 2.45) is 0 Å². The monoisotopic (exact) mass is 317 g/mol. The van der Waals surface area contributed by atoms with Gasteiger partial charge in [-0.25, -0.2) is 13.1 Å². The van der Waals surface area contributed by atoms with E-state index in [1.165, 1.54) is 25.3 Å². The fourth-order valence-corrected chi connectivity index (χ4v) is 3.09. The lowest BCUT2D eigenvalue weighted by atomic mass is 10.1. The molecule has 0 radical (unpaired) electrons. The van der Waals surface area contributed by atoms with Crippen LogP contribution in [0.1, 0.15) is 26.3 Å². The van der Waals surface area contributed by atoms with Crippen molar-refractivity contribution >= 4 is 10.0 Å². The number of hydrogen-bond donors (Lipinski definition) is 2. The van der Waals surface area contributed by atoms with Gasteiger partial charge in [0.2, 0.25) is 10.0 Å². The molecule has 120 valence electrons. The van der Waals surface area contributed by atoms with E-state index in [1.54, 1.807) is 0 Å². The molecule has 0 saturated heterocycles. The Balaban J connectivity index is 2.93. The Morgan fingerprint density at radius 2 is 2.00 bits per heavy atom. The van der Waals surface area contributed by atoms with Gasteiger partial charge < -0.3 is 14.6 Å². The number of aliphatic hydroxyl groups is 1. The highest BCUT2D eigenvalue weighted by Gasteiger charge is 2.23.